The van der Waals surface area contributed by atoms with Crippen LogP contribution in [0.1, 0.15) is 0 Å². The zero-order chi connectivity index (χ0) is 10.7. The van der Waals surface area contributed by atoms with Gasteiger partial charge in [0.05, 0.1) is 17.8 Å². The Bertz CT molecular complexity index is 373. The van der Waals surface area contributed by atoms with E-state index in [2.05, 4.69) is 10.1 Å². The molecule has 1 aromatic carbocycles. The molecule has 0 aliphatic carbocycles. The van der Waals surface area contributed by atoms with Gasteiger partial charge in [-0.1, -0.05) is 11.6 Å². The van der Waals surface area contributed by atoms with E-state index in [0.717, 1.165) is 0 Å². The van der Waals surface area contributed by atoms with Crippen molar-refractivity contribution >= 4 is 46.0 Å². The minimum atomic E-state index is -0.620. The van der Waals surface area contributed by atoms with Crippen LogP contribution in [0.5, 0.6) is 0 Å². The van der Waals surface area contributed by atoms with Crippen LogP contribution < -0.4 is 5.32 Å². The van der Waals surface area contributed by atoms with Crippen molar-refractivity contribution in [1.29, 1.82) is 0 Å². The maximum absolute atomic E-state index is 12.9. The van der Waals surface area contributed by atoms with Crippen molar-refractivity contribution in [1.82, 2.24) is 0 Å². The van der Waals surface area contributed by atoms with Gasteiger partial charge in [0.1, 0.15) is 5.82 Å². The van der Waals surface area contributed by atoms with E-state index < -0.39 is 11.9 Å². The van der Waals surface area contributed by atoms with E-state index in [0.29, 0.717) is 9.26 Å². The fraction of sp³-hybridized carbons (Fsp3) is 0.125. The van der Waals surface area contributed by atoms with E-state index in [1.54, 1.807) is 0 Å². The van der Waals surface area contributed by atoms with E-state index in [1.165, 1.54) is 19.2 Å². The Morgan fingerprint density at radius 2 is 2.29 bits per heavy atom. The highest BCUT2D eigenvalue weighted by Gasteiger charge is 2.09. The third-order valence-corrected chi connectivity index (χ3v) is 2.61. The Morgan fingerprint density at radius 1 is 1.64 bits per heavy atom. The lowest BCUT2D eigenvalue weighted by Gasteiger charge is -2.06. The molecule has 0 bridgehead atoms. The fourth-order valence-electron chi connectivity index (χ4n) is 0.779. The summed E-state index contributed by atoms with van der Waals surface area (Å²) >= 11 is 7.43. The van der Waals surface area contributed by atoms with E-state index in [-0.39, 0.29) is 5.02 Å². The first kappa shape index (κ1) is 11.5. The molecule has 1 rings (SSSR count). The second-order valence-corrected chi connectivity index (χ2v) is 3.93. The second kappa shape index (κ2) is 4.79. The third-order valence-electron chi connectivity index (χ3n) is 1.43. The second-order valence-electron chi connectivity index (χ2n) is 2.36. The summed E-state index contributed by atoms with van der Waals surface area (Å²) in [6.45, 7) is 0. The molecular formula is C8H6ClFINO2. The Morgan fingerprint density at radius 3 is 2.86 bits per heavy atom. The Kier molecular flexibility index (Phi) is 3.94. The molecule has 0 fully saturated rings. The molecule has 0 saturated carbocycles. The molecule has 0 radical (unpaired) electrons. The number of rotatable bonds is 1. The van der Waals surface area contributed by atoms with Gasteiger partial charge < -0.3 is 4.74 Å². The molecule has 0 saturated heterocycles. The molecule has 3 nitrogen and oxygen atoms in total. The number of methoxy groups -OCH3 is 1. The summed E-state index contributed by atoms with van der Waals surface area (Å²) in [6.07, 6.45) is -0.620. The summed E-state index contributed by atoms with van der Waals surface area (Å²) in [5, 5.41) is 2.36. The quantitative estimate of drug-likeness (QED) is 0.634. The molecule has 0 heterocycles. The third kappa shape index (κ3) is 2.71. The van der Waals surface area contributed by atoms with Crippen LogP contribution in [0.25, 0.3) is 0 Å². The summed E-state index contributed by atoms with van der Waals surface area (Å²) in [5.74, 6) is -0.522. The number of carbonyl (C=O) groups excluding carboxylic acids is 1. The SMILES string of the molecule is COC(=O)Nc1cc(Cl)c(F)cc1I. The summed E-state index contributed by atoms with van der Waals surface area (Å²) in [7, 11) is 1.24. The van der Waals surface area contributed by atoms with Crippen LogP contribution in [0.4, 0.5) is 14.9 Å². The standard InChI is InChI=1S/C8H6ClFINO2/c1-14-8(13)12-7-2-4(9)5(10)3-6(7)11/h2-3H,1H3,(H,12,13). The Balaban J connectivity index is 2.98. The molecule has 1 aromatic rings. The minimum Gasteiger partial charge on any atom is -0.453 e. The maximum Gasteiger partial charge on any atom is 0.411 e. The van der Waals surface area contributed by atoms with Crippen molar-refractivity contribution in [3.63, 3.8) is 0 Å². The Labute approximate surface area is 98.7 Å². The molecule has 1 N–H and O–H groups in total. The molecular weight excluding hydrogens is 323 g/mol. The smallest absolute Gasteiger partial charge is 0.411 e. The number of halogens is 3. The lowest BCUT2D eigenvalue weighted by molar-refractivity contribution is 0.187. The zero-order valence-corrected chi connectivity index (χ0v) is 10.0. The van der Waals surface area contributed by atoms with Gasteiger partial charge in [-0.25, -0.2) is 9.18 Å². The minimum absolute atomic E-state index is 0.0446. The predicted molar refractivity (Wildman–Crippen MR) is 60.2 cm³/mol. The van der Waals surface area contributed by atoms with Crippen molar-refractivity contribution in [2.45, 2.75) is 0 Å². The summed E-state index contributed by atoms with van der Waals surface area (Å²) in [5.41, 5.74) is 0.420. The van der Waals surface area contributed by atoms with Crippen LogP contribution in [-0.4, -0.2) is 13.2 Å². The highest BCUT2D eigenvalue weighted by atomic mass is 127. The van der Waals surface area contributed by atoms with E-state index in [1.807, 2.05) is 22.6 Å². The van der Waals surface area contributed by atoms with Crippen LogP contribution >= 0.6 is 34.2 Å². The van der Waals surface area contributed by atoms with Crippen molar-refractivity contribution in [2.24, 2.45) is 0 Å². The van der Waals surface area contributed by atoms with Crippen LogP contribution in [-0.2, 0) is 4.74 Å². The molecule has 14 heavy (non-hydrogen) atoms. The first-order chi connectivity index (χ1) is 6.54. The lowest BCUT2D eigenvalue weighted by atomic mass is 10.3. The average molecular weight is 329 g/mol. The molecule has 76 valence electrons. The number of hydrogen-bond acceptors (Lipinski definition) is 2. The van der Waals surface area contributed by atoms with Gasteiger partial charge in [-0.3, -0.25) is 5.32 Å². The van der Waals surface area contributed by atoms with Gasteiger partial charge in [0.15, 0.2) is 0 Å². The fourth-order valence-corrected chi connectivity index (χ4v) is 1.51. The molecule has 6 heteroatoms. The van der Waals surface area contributed by atoms with Gasteiger partial charge >= 0.3 is 6.09 Å². The van der Waals surface area contributed by atoms with Gasteiger partial charge in [-0.15, -0.1) is 0 Å². The number of anilines is 1. The number of carbonyl (C=O) groups is 1. The summed E-state index contributed by atoms with van der Waals surface area (Å²) in [4.78, 5) is 10.9. The molecule has 0 unspecified atom stereocenters. The van der Waals surface area contributed by atoms with E-state index >= 15 is 0 Å². The molecule has 0 aliphatic rings. The van der Waals surface area contributed by atoms with Crippen LogP contribution in [0.2, 0.25) is 5.02 Å². The number of nitrogens with one attached hydrogen (secondary N) is 1. The van der Waals surface area contributed by atoms with Gasteiger partial charge in [-0.05, 0) is 34.7 Å². The first-order valence-electron chi connectivity index (χ1n) is 3.54. The molecule has 0 aliphatic heterocycles. The van der Waals surface area contributed by atoms with E-state index in [4.69, 9.17) is 11.6 Å². The van der Waals surface area contributed by atoms with Crippen molar-refractivity contribution in [3.05, 3.63) is 26.5 Å². The number of benzene rings is 1. The predicted octanol–water partition coefficient (Wildman–Crippen LogP) is 3.26. The topological polar surface area (TPSA) is 38.3 Å². The van der Waals surface area contributed by atoms with Crippen molar-refractivity contribution < 1.29 is 13.9 Å². The van der Waals surface area contributed by atoms with Gasteiger partial charge in [0.25, 0.3) is 0 Å². The monoisotopic (exact) mass is 329 g/mol. The van der Waals surface area contributed by atoms with Gasteiger partial charge in [0.2, 0.25) is 0 Å². The normalized spacial score (nSPS) is 9.71. The van der Waals surface area contributed by atoms with Gasteiger partial charge in [-0.2, -0.15) is 0 Å². The van der Waals surface area contributed by atoms with Crippen LogP contribution in [0, 0.1) is 9.39 Å². The Hall–Kier alpha value is -0.560. The molecule has 1 amide bonds. The summed E-state index contributed by atoms with van der Waals surface area (Å²) in [6, 6.07) is 2.56. The largest absolute Gasteiger partial charge is 0.453 e. The number of ether oxygens (including phenoxy) is 1. The maximum atomic E-state index is 12.9. The number of amides is 1. The average Bonchev–Trinajstić information content (AvgIpc) is 2.14. The van der Waals surface area contributed by atoms with E-state index in [9.17, 15) is 9.18 Å². The van der Waals surface area contributed by atoms with Crippen molar-refractivity contribution in [2.75, 3.05) is 12.4 Å². The number of hydrogen-bond donors (Lipinski definition) is 1. The van der Waals surface area contributed by atoms with Crippen LogP contribution in [0.15, 0.2) is 12.1 Å². The lowest BCUT2D eigenvalue weighted by Crippen LogP contribution is -2.12. The molecule has 0 spiro atoms. The van der Waals surface area contributed by atoms with Gasteiger partial charge in [0, 0.05) is 3.57 Å². The highest BCUT2D eigenvalue weighted by Crippen LogP contribution is 2.25. The molecule has 0 aromatic heterocycles. The zero-order valence-electron chi connectivity index (χ0n) is 7.11. The van der Waals surface area contributed by atoms with Crippen molar-refractivity contribution in [3.8, 4) is 0 Å². The summed E-state index contributed by atoms with van der Waals surface area (Å²) < 4.78 is 17.8. The van der Waals surface area contributed by atoms with Crippen LogP contribution in [0.3, 0.4) is 0 Å². The highest BCUT2D eigenvalue weighted by molar-refractivity contribution is 14.1. The molecule has 0 atom stereocenters. The first-order valence-corrected chi connectivity index (χ1v) is 4.99.